The normalized spacial score (nSPS) is 12.5. The highest BCUT2D eigenvalue weighted by molar-refractivity contribution is 9.10. The molecule has 0 aliphatic carbocycles. The van der Waals surface area contributed by atoms with Crippen molar-refractivity contribution in [2.75, 3.05) is 17.9 Å². The first kappa shape index (κ1) is 20.7. The second kappa shape index (κ2) is 8.69. The fourth-order valence-electron chi connectivity index (χ4n) is 3.11. The van der Waals surface area contributed by atoms with Crippen molar-refractivity contribution < 1.29 is 14.3 Å². The van der Waals surface area contributed by atoms with Gasteiger partial charge in [0.2, 0.25) is 12.7 Å². The van der Waals surface area contributed by atoms with Crippen molar-refractivity contribution in [2.24, 2.45) is 5.92 Å². The van der Waals surface area contributed by atoms with Crippen LogP contribution >= 0.6 is 27.7 Å². The molecular weight excluding hydrogens is 470 g/mol. The van der Waals surface area contributed by atoms with E-state index in [1.54, 1.807) is 34.9 Å². The molecule has 9 heteroatoms. The van der Waals surface area contributed by atoms with Gasteiger partial charge in [0.15, 0.2) is 16.7 Å². The van der Waals surface area contributed by atoms with Gasteiger partial charge in [-0.3, -0.25) is 14.2 Å². The van der Waals surface area contributed by atoms with Gasteiger partial charge >= 0.3 is 0 Å². The van der Waals surface area contributed by atoms with Crippen LogP contribution in [0.1, 0.15) is 13.8 Å². The van der Waals surface area contributed by atoms with Gasteiger partial charge in [0.1, 0.15) is 0 Å². The number of halogens is 1. The number of rotatable bonds is 6. The first-order valence-electron chi connectivity index (χ1n) is 9.43. The van der Waals surface area contributed by atoms with Crippen molar-refractivity contribution in [3.63, 3.8) is 0 Å². The van der Waals surface area contributed by atoms with Crippen LogP contribution in [0.2, 0.25) is 0 Å². The molecule has 0 atom stereocenters. The number of hydrogen-bond donors (Lipinski definition) is 1. The Bertz CT molecular complexity index is 1180. The first-order chi connectivity index (χ1) is 14.4. The van der Waals surface area contributed by atoms with Crippen LogP contribution < -0.4 is 20.3 Å². The number of nitrogens with zero attached hydrogens (tertiary/aromatic N) is 2. The van der Waals surface area contributed by atoms with E-state index in [9.17, 15) is 9.59 Å². The predicted molar refractivity (Wildman–Crippen MR) is 120 cm³/mol. The van der Waals surface area contributed by atoms with Crippen LogP contribution in [0.15, 0.2) is 50.8 Å². The Morgan fingerprint density at radius 1 is 1.23 bits per heavy atom. The molecule has 0 saturated heterocycles. The van der Waals surface area contributed by atoms with E-state index in [0.29, 0.717) is 39.8 Å². The zero-order valence-corrected chi connectivity index (χ0v) is 18.9. The van der Waals surface area contributed by atoms with E-state index >= 15 is 0 Å². The number of carbonyl (C=O) groups excluding carboxylic acids is 1. The Balaban J connectivity index is 1.54. The summed E-state index contributed by atoms with van der Waals surface area (Å²) < 4.78 is 13.1. The molecule has 0 bridgehead atoms. The number of amides is 1. The standard InChI is InChI=1S/C21H20BrN3O4S/c1-12(2)9-25-20(27)15-7-13(22)3-5-16(15)24-21(25)30-10-19(26)23-14-4-6-17-18(8-14)29-11-28-17/h3-8,12H,9-11H2,1-2H3,(H,23,26). The van der Waals surface area contributed by atoms with E-state index < -0.39 is 0 Å². The Labute approximate surface area is 185 Å². The highest BCUT2D eigenvalue weighted by Gasteiger charge is 2.16. The number of aromatic nitrogens is 2. The SMILES string of the molecule is CC(C)Cn1c(SCC(=O)Nc2ccc3c(c2)OCO3)nc2ccc(Br)cc2c1=O. The van der Waals surface area contributed by atoms with Gasteiger partial charge in [-0.15, -0.1) is 0 Å². The molecule has 3 aromatic rings. The molecule has 30 heavy (non-hydrogen) atoms. The van der Waals surface area contributed by atoms with Crippen LogP contribution in [0.5, 0.6) is 11.5 Å². The highest BCUT2D eigenvalue weighted by Crippen LogP contribution is 2.34. The Kier molecular flexibility index (Phi) is 6.01. The topological polar surface area (TPSA) is 82.5 Å². The molecule has 2 heterocycles. The number of fused-ring (bicyclic) bond motifs is 2. The quantitative estimate of drug-likeness (QED) is 0.411. The average molecular weight is 490 g/mol. The highest BCUT2D eigenvalue weighted by atomic mass is 79.9. The number of ether oxygens (including phenoxy) is 2. The summed E-state index contributed by atoms with van der Waals surface area (Å²) in [4.78, 5) is 30.2. The number of hydrogen-bond acceptors (Lipinski definition) is 6. The van der Waals surface area contributed by atoms with Gasteiger partial charge in [0, 0.05) is 22.8 Å². The molecule has 0 fully saturated rings. The third kappa shape index (κ3) is 4.46. The molecule has 4 rings (SSSR count). The summed E-state index contributed by atoms with van der Waals surface area (Å²) in [6.07, 6.45) is 0. The number of nitrogens with one attached hydrogen (secondary N) is 1. The maximum atomic E-state index is 13.0. The van der Waals surface area contributed by atoms with Gasteiger partial charge in [0.25, 0.3) is 5.56 Å². The van der Waals surface area contributed by atoms with Gasteiger partial charge in [-0.05, 0) is 36.2 Å². The average Bonchev–Trinajstić information content (AvgIpc) is 3.17. The largest absolute Gasteiger partial charge is 0.454 e. The summed E-state index contributed by atoms with van der Waals surface area (Å²) in [6.45, 7) is 4.79. The van der Waals surface area contributed by atoms with Gasteiger partial charge in [-0.1, -0.05) is 41.5 Å². The minimum atomic E-state index is -0.194. The molecular formula is C21H20BrN3O4S. The Morgan fingerprint density at radius 3 is 2.83 bits per heavy atom. The summed E-state index contributed by atoms with van der Waals surface area (Å²) in [5.41, 5.74) is 1.14. The van der Waals surface area contributed by atoms with Gasteiger partial charge in [0.05, 0.1) is 16.7 Å². The van der Waals surface area contributed by atoms with E-state index in [1.165, 1.54) is 11.8 Å². The lowest BCUT2D eigenvalue weighted by Gasteiger charge is -2.15. The second-order valence-corrected chi connectivity index (χ2v) is 9.13. The van der Waals surface area contributed by atoms with E-state index in [4.69, 9.17) is 9.47 Å². The molecule has 2 aromatic carbocycles. The third-order valence-electron chi connectivity index (χ3n) is 4.42. The molecule has 1 aliphatic heterocycles. The summed E-state index contributed by atoms with van der Waals surface area (Å²) in [5.74, 6) is 1.46. The lowest BCUT2D eigenvalue weighted by atomic mass is 10.2. The molecule has 156 valence electrons. The maximum absolute atomic E-state index is 13.0. The van der Waals surface area contributed by atoms with Crippen LogP contribution in [0, 0.1) is 5.92 Å². The lowest BCUT2D eigenvalue weighted by Crippen LogP contribution is -2.26. The van der Waals surface area contributed by atoms with Crippen molar-refractivity contribution in [3.8, 4) is 11.5 Å². The number of carbonyl (C=O) groups is 1. The monoisotopic (exact) mass is 489 g/mol. The first-order valence-corrected chi connectivity index (χ1v) is 11.2. The summed E-state index contributed by atoms with van der Waals surface area (Å²) in [7, 11) is 0. The zero-order chi connectivity index (χ0) is 21.3. The van der Waals surface area contributed by atoms with Gasteiger partial charge < -0.3 is 14.8 Å². The molecule has 0 spiro atoms. The zero-order valence-electron chi connectivity index (χ0n) is 16.5. The smallest absolute Gasteiger partial charge is 0.262 e. The van der Waals surface area contributed by atoms with E-state index in [1.807, 2.05) is 19.9 Å². The number of benzene rings is 2. The van der Waals surface area contributed by atoms with Gasteiger partial charge in [-0.25, -0.2) is 4.98 Å². The Hall–Kier alpha value is -2.52. The van der Waals surface area contributed by atoms with Gasteiger partial charge in [-0.2, -0.15) is 0 Å². The fourth-order valence-corrected chi connectivity index (χ4v) is 4.28. The predicted octanol–water partition coefficient (Wildman–Crippen LogP) is 4.27. The summed E-state index contributed by atoms with van der Waals surface area (Å²) >= 11 is 4.66. The van der Waals surface area contributed by atoms with Crippen LogP contribution in [-0.2, 0) is 11.3 Å². The van der Waals surface area contributed by atoms with Crippen LogP contribution in [0.4, 0.5) is 5.69 Å². The van der Waals surface area contributed by atoms with E-state index in [0.717, 1.165) is 4.47 Å². The molecule has 1 aromatic heterocycles. The number of thioether (sulfide) groups is 1. The molecule has 1 amide bonds. The molecule has 7 nitrogen and oxygen atoms in total. The van der Waals surface area contributed by atoms with Crippen molar-refractivity contribution in [1.29, 1.82) is 0 Å². The fraction of sp³-hybridized carbons (Fsp3) is 0.286. The molecule has 0 radical (unpaired) electrons. The molecule has 0 unspecified atom stereocenters. The summed E-state index contributed by atoms with van der Waals surface area (Å²) in [5, 5.41) is 3.93. The minimum absolute atomic E-state index is 0.103. The van der Waals surface area contributed by atoms with Crippen molar-refractivity contribution in [2.45, 2.75) is 25.5 Å². The van der Waals surface area contributed by atoms with E-state index in [2.05, 4.69) is 26.2 Å². The van der Waals surface area contributed by atoms with Crippen LogP contribution in [-0.4, -0.2) is 28.0 Å². The van der Waals surface area contributed by atoms with Crippen molar-refractivity contribution in [1.82, 2.24) is 9.55 Å². The van der Waals surface area contributed by atoms with Crippen LogP contribution in [0.25, 0.3) is 10.9 Å². The number of anilines is 1. The second-order valence-electron chi connectivity index (χ2n) is 7.27. The van der Waals surface area contributed by atoms with Crippen molar-refractivity contribution in [3.05, 3.63) is 51.2 Å². The molecule has 0 saturated carbocycles. The lowest BCUT2D eigenvalue weighted by molar-refractivity contribution is -0.113. The molecule has 1 aliphatic rings. The summed E-state index contributed by atoms with van der Waals surface area (Å²) in [6, 6.07) is 10.7. The van der Waals surface area contributed by atoms with Crippen LogP contribution in [0.3, 0.4) is 0 Å². The minimum Gasteiger partial charge on any atom is -0.454 e. The Morgan fingerprint density at radius 2 is 2.03 bits per heavy atom. The third-order valence-corrected chi connectivity index (χ3v) is 5.89. The van der Waals surface area contributed by atoms with E-state index in [-0.39, 0.29) is 29.9 Å². The molecule has 1 N–H and O–H groups in total. The maximum Gasteiger partial charge on any atom is 0.262 e. The van der Waals surface area contributed by atoms with Crippen molar-refractivity contribution >= 4 is 50.2 Å².